The third-order valence-corrected chi connectivity index (χ3v) is 5.33. The third-order valence-electron chi connectivity index (χ3n) is 4.28. The second-order valence-electron chi connectivity index (χ2n) is 6.41. The van der Waals surface area contributed by atoms with Crippen molar-refractivity contribution in [3.63, 3.8) is 0 Å². The zero-order chi connectivity index (χ0) is 20.9. The Morgan fingerprint density at radius 3 is 1.93 bits per heavy atom. The number of nitrogens with one attached hydrogen (secondary N) is 1. The van der Waals surface area contributed by atoms with E-state index in [4.69, 9.17) is 0 Å². The molecule has 2 aromatic carbocycles. The first kappa shape index (κ1) is 20.9. The fraction of sp³-hybridized carbons (Fsp3) is 0.182. The van der Waals surface area contributed by atoms with Crippen molar-refractivity contribution >= 4 is 17.7 Å². The number of rotatable bonds is 6. The van der Waals surface area contributed by atoms with Gasteiger partial charge in [-0.05, 0) is 30.2 Å². The lowest BCUT2D eigenvalue weighted by Crippen LogP contribution is -2.34. The second-order valence-corrected chi connectivity index (χ2v) is 7.77. The van der Waals surface area contributed by atoms with Crippen LogP contribution in [0.3, 0.4) is 0 Å². The summed E-state index contributed by atoms with van der Waals surface area (Å²) < 4.78 is 38.0. The van der Waals surface area contributed by atoms with E-state index in [1.807, 2.05) is 60.7 Å². The first-order valence-electron chi connectivity index (χ1n) is 8.95. The number of halogens is 3. The Labute approximate surface area is 171 Å². The number of hydrogen-bond donors (Lipinski definition) is 1. The molecule has 0 spiro atoms. The van der Waals surface area contributed by atoms with Crippen molar-refractivity contribution in [2.75, 3.05) is 0 Å². The van der Waals surface area contributed by atoms with E-state index in [0.29, 0.717) is 5.03 Å². The van der Waals surface area contributed by atoms with Gasteiger partial charge in [-0.25, -0.2) is 4.98 Å². The number of aromatic nitrogens is 1. The summed E-state index contributed by atoms with van der Waals surface area (Å²) in [5, 5.41) is 2.86. The van der Waals surface area contributed by atoms with Crippen molar-refractivity contribution in [1.82, 2.24) is 10.3 Å². The predicted molar refractivity (Wildman–Crippen MR) is 107 cm³/mol. The van der Waals surface area contributed by atoms with Gasteiger partial charge in [0, 0.05) is 6.20 Å². The molecule has 0 bridgehead atoms. The Balaban J connectivity index is 1.72. The van der Waals surface area contributed by atoms with E-state index in [2.05, 4.69) is 10.3 Å². The van der Waals surface area contributed by atoms with E-state index in [1.165, 1.54) is 6.07 Å². The molecule has 1 amide bonds. The molecule has 0 saturated carbocycles. The lowest BCUT2D eigenvalue weighted by Gasteiger charge is -2.22. The average molecular weight is 416 g/mol. The lowest BCUT2D eigenvalue weighted by molar-refractivity contribution is -0.137. The summed E-state index contributed by atoms with van der Waals surface area (Å²) in [5.74, 6) is -0.227. The van der Waals surface area contributed by atoms with Crippen molar-refractivity contribution in [3.8, 4) is 0 Å². The zero-order valence-electron chi connectivity index (χ0n) is 15.6. The molecule has 0 aliphatic heterocycles. The highest BCUT2D eigenvalue weighted by atomic mass is 32.2. The minimum atomic E-state index is -4.43. The molecule has 1 N–H and O–H groups in total. The third kappa shape index (κ3) is 5.60. The van der Waals surface area contributed by atoms with Crippen LogP contribution in [0.2, 0.25) is 0 Å². The van der Waals surface area contributed by atoms with Crippen molar-refractivity contribution in [2.45, 2.75) is 29.4 Å². The van der Waals surface area contributed by atoms with Gasteiger partial charge in [-0.3, -0.25) is 4.79 Å². The quantitative estimate of drug-likeness (QED) is 0.541. The van der Waals surface area contributed by atoms with Crippen LogP contribution in [-0.4, -0.2) is 16.1 Å². The monoisotopic (exact) mass is 416 g/mol. The van der Waals surface area contributed by atoms with Crippen molar-refractivity contribution in [1.29, 1.82) is 0 Å². The topological polar surface area (TPSA) is 42.0 Å². The number of thioether (sulfide) groups is 1. The van der Waals surface area contributed by atoms with Crippen molar-refractivity contribution < 1.29 is 18.0 Å². The summed E-state index contributed by atoms with van der Waals surface area (Å²) in [7, 11) is 0. The Kier molecular flexibility index (Phi) is 6.59. The van der Waals surface area contributed by atoms with Crippen molar-refractivity contribution in [2.24, 2.45) is 0 Å². The molecule has 0 radical (unpaired) electrons. The van der Waals surface area contributed by atoms with Gasteiger partial charge < -0.3 is 5.32 Å². The summed E-state index contributed by atoms with van der Waals surface area (Å²) in [6, 6.07) is 21.1. The van der Waals surface area contributed by atoms with Crippen LogP contribution in [-0.2, 0) is 11.0 Å². The maximum absolute atomic E-state index is 12.8. The van der Waals surface area contributed by atoms with Crippen LogP contribution in [0, 0.1) is 0 Å². The summed E-state index contributed by atoms with van der Waals surface area (Å²) in [6.07, 6.45) is -3.65. The summed E-state index contributed by atoms with van der Waals surface area (Å²) >= 11 is 1.11. The standard InChI is InChI=1S/C22H19F3N2OS/c1-15(29-19-13-12-18(14-26-19)22(23,24)25)21(28)27-20(16-8-4-2-5-9-16)17-10-6-3-7-11-17/h2-15,20H,1H3,(H,27,28)/t15-/m1/s1. The molecule has 0 unspecified atom stereocenters. The predicted octanol–water partition coefficient (Wildman–Crippen LogP) is 5.49. The second kappa shape index (κ2) is 9.13. The van der Waals surface area contributed by atoms with Gasteiger partial charge in [0.15, 0.2) is 0 Å². The highest BCUT2D eigenvalue weighted by Crippen LogP contribution is 2.30. The van der Waals surface area contributed by atoms with E-state index in [1.54, 1.807) is 6.92 Å². The van der Waals surface area contributed by atoms with Crippen molar-refractivity contribution in [3.05, 3.63) is 95.7 Å². The summed E-state index contributed by atoms with van der Waals surface area (Å²) in [4.78, 5) is 16.6. The summed E-state index contributed by atoms with van der Waals surface area (Å²) in [6.45, 7) is 1.70. The molecule has 3 rings (SSSR count). The number of hydrogen-bond acceptors (Lipinski definition) is 3. The Bertz CT molecular complexity index is 892. The molecule has 29 heavy (non-hydrogen) atoms. The van der Waals surface area contributed by atoms with Crippen LogP contribution in [0.1, 0.15) is 29.7 Å². The molecule has 1 heterocycles. The van der Waals surface area contributed by atoms with Gasteiger partial charge in [0.05, 0.1) is 21.9 Å². The van der Waals surface area contributed by atoms with E-state index < -0.39 is 17.0 Å². The van der Waals surface area contributed by atoms with Crippen LogP contribution in [0.5, 0.6) is 0 Å². The fourth-order valence-corrected chi connectivity index (χ4v) is 3.56. The lowest BCUT2D eigenvalue weighted by atomic mass is 9.98. The van der Waals surface area contributed by atoms with Gasteiger partial charge in [0.1, 0.15) is 0 Å². The number of carbonyl (C=O) groups is 1. The first-order chi connectivity index (χ1) is 13.8. The number of carbonyl (C=O) groups excluding carboxylic acids is 1. The van der Waals surface area contributed by atoms with Gasteiger partial charge in [-0.1, -0.05) is 72.4 Å². The zero-order valence-corrected chi connectivity index (χ0v) is 16.4. The minimum Gasteiger partial charge on any atom is -0.344 e. The van der Waals surface area contributed by atoms with Gasteiger partial charge in [-0.2, -0.15) is 13.2 Å². The largest absolute Gasteiger partial charge is 0.417 e. The average Bonchev–Trinajstić information content (AvgIpc) is 2.73. The Morgan fingerprint density at radius 1 is 0.931 bits per heavy atom. The smallest absolute Gasteiger partial charge is 0.344 e. The number of alkyl halides is 3. The Morgan fingerprint density at radius 2 is 1.48 bits per heavy atom. The molecule has 0 saturated heterocycles. The SMILES string of the molecule is C[C@@H](Sc1ccc(C(F)(F)F)cn1)C(=O)NC(c1ccccc1)c1ccccc1. The van der Waals surface area contributed by atoms with E-state index in [-0.39, 0.29) is 11.9 Å². The van der Waals surface area contributed by atoms with Crippen LogP contribution in [0.15, 0.2) is 84.0 Å². The molecule has 0 fully saturated rings. The molecule has 3 aromatic rings. The molecule has 0 aliphatic rings. The van der Waals surface area contributed by atoms with Crippen LogP contribution in [0.25, 0.3) is 0 Å². The van der Waals surface area contributed by atoms with Crippen LogP contribution >= 0.6 is 11.8 Å². The Hall–Kier alpha value is -2.80. The minimum absolute atomic E-state index is 0.227. The number of nitrogens with zero attached hydrogens (tertiary/aromatic N) is 1. The molecule has 1 atom stereocenters. The molecule has 0 aliphatic carbocycles. The maximum atomic E-state index is 12.8. The van der Waals surface area contributed by atoms with E-state index in [0.717, 1.165) is 35.2 Å². The molecule has 7 heteroatoms. The van der Waals surface area contributed by atoms with E-state index in [9.17, 15) is 18.0 Å². The fourth-order valence-electron chi connectivity index (χ4n) is 2.76. The van der Waals surface area contributed by atoms with E-state index >= 15 is 0 Å². The normalized spacial score (nSPS) is 12.6. The molecule has 1 aromatic heterocycles. The molecule has 3 nitrogen and oxygen atoms in total. The van der Waals surface area contributed by atoms with Gasteiger partial charge in [0.2, 0.25) is 5.91 Å². The highest BCUT2D eigenvalue weighted by molar-refractivity contribution is 8.00. The number of amides is 1. The molecular weight excluding hydrogens is 397 g/mol. The van der Waals surface area contributed by atoms with Gasteiger partial charge in [0.25, 0.3) is 0 Å². The van der Waals surface area contributed by atoms with Crippen LogP contribution in [0.4, 0.5) is 13.2 Å². The summed E-state index contributed by atoms with van der Waals surface area (Å²) in [5.41, 5.74) is 1.07. The first-order valence-corrected chi connectivity index (χ1v) is 9.83. The molecular formula is C22H19F3N2OS. The van der Waals surface area contributed by atoms with Gasteiger partial charge >= 0.3 is 6.18 Å². The molecule has 150 valence electrons. The maximum Gasteiger partial charge on any atom is 0.417 e. The highest BCUT2D eigenvalue weighted by Gasteiger charge is 2.31. The van der Waals surface area contributed by atoms with Gasteiger partial charge in [-0.15, -0.1) is 0 Å². The van der Waals surface area contributed by atoms with Crippen LogP contribution < -0.4 is 5.32 Å². The number of benzene rings is 2. The number of pyridine rings is 1.